The van der Waals surface area contributed by atoms with Crippen molar-refractivity contribution in [3.05, 3.63) is 70.3 Å². The Morgan fingerprint density at radius 1 is 0.905 bits per heavy atom. The second-order valence-electron chi connectivity index (χ2n) is 12.6. The van der Waals surface area contributed by atoms with Crippen LogP contribution in [0.5, 0.6) is 5.75 Å². The molecule has 1 amide bonds. The van der Waals surface area contributed by atoms with Crippen LogP contribution in [-0.4, -0.2) is 23.3 Å². The molecule has 0 aliphatic carbocycles. The van der Waals surface area contributed by atoms with Gasteiger partial charge in [0.1, 0.15) is 5.75 Å². The van der Waals surface area contributed by atoms with Crippen LogP contribution in [0.25, 0.3) is 0 Å². The van der Waals surface area contributed by atoms with Gasteiger partial charge in [0.25, 0.3) is 5.91 Å². The molecule has 0 spiro atoms. The van der Waals surface area contributed by atoms with Crippen molar-refractivity contribution in [3.8, 4) is 5.75 Å². The number of rotatable bonds is 18. The molecule has 42 heavy (non-hydrogen) atoms. The van der Waals surface area contributed by atoms with E-state index in [2.05, 4.69) is 75.3 Å². The number of thioether (sulfide) groups is 1. The van der Waals surface area contributed by atoms with E-state index in [1.54, 1.807) is 0 Å². The van der Waals surface area contributed by atoms with E-state index in [4.69, 9.17) is 4.74 Å². The maximum Gasteiger partial charge on any atom is 0.259 e. The number of nitrogens with one attached hydrogen (secondary N) is 1. The maximum atomic E-state index is 13.4. The summed E-state index contributed by atoms with van der Waals surface area (Å²) in [6, 6.07) is 14.2. The van der Waals surface area contributed by atoms with Gasteiger partial charge in [-0.1, -0.05) is 117 Å². The molecule has 234 valence electrons. The van der Waals surface area contributed by atoms with Crippen LogP contribution in [0.2, 0.25) is 0 Å². The molecule has 6 heteroatoms. The highest BCUT2D eigenvalue weighted by atomic mass is 79.9. The third-order valence-corrected chi connectivity index (χ3v) is 8.76. The van der Waals surface area contributed by atoms with Gasteiger partial charge in [-0.15, -0.1) is 28.7 Å². The average molecular weight is 660 g/mol. The van der Waals surface area contributed by atoms with E-state index in [1.807, 2.05) is 30.0 Å². The SMILES string of the molecule is Br.CCCCCCCCCCCCCCOc1cc(C(C)(C)C)ccc1C(=O)Nc1cccc(CN2C=C(C)SC2)c1. The third kappa shape index (κ3) is 13.2. The van der Waals surface area contributed by atoms with E-state index in [-0.39, 0.29) is 28.3 Å². The van der Waals surface area contributed by atoms with Crippen LogP contribution in [0.1, 0.15) is 133 Å². The van der Waals surface area contributed by atoms with Crippen LogP contribution in [0.4, 0.5) is 5.69 Å². The van der Waals surface area contributed by atoms with E-state index in [9.17, 15) is 4.79 Å². The molecule has 0 saturated heterocycles. The molecular formula is C36H55BrN2O2S. The number of hydrogen-bond donors (Lipinski definition) is 1. The highest BCUT2D eigenvalue weighted by Gasteiger charge is 2.20. The molecular weight excluding hydrogens is 604 g/mol. The number of hydrogen-bond acceptors (Lipinski definition) is 4. The van der Waals surface area contributed by atoms with E-state index >= 15 is 0 Å². The lowest BCUT2D eigenvalue weighted by Gasteiger charge is -2.21. The number of halogens is 1. The monoisotopic (exact) mass is 658 g/mol. The summed E-state index contributed by atoms with van der Waals surface area (Å²) < 4.78 is 6.27. The summed E-state index contributed by atoms with van der Waals surface area (Å²) in [5.41, 5.74) is 3.75. The van der Waals surface area contributed by atoms with Crippen LogP contribution in [-0.2, 0) is 12.0 Å². The lowest BCUT2D eigenvalue weighted by atomic mass is 9.86. The number of allylic oxidation sites excluding steroid dienone is 1. The number of amides is 1. The normalized spacial score (nSPS) is 13.1. The molecule has 0 unspecified atom stereocenters. The van der Waals surface area contributed by atoms with Gasteiger partial charge in [0.15, 0.2) is 0 Å². The Morgan fingerprint density at radius 3 is 2.14 bits per heavy atom. The zero-order chi connectivity index (χ0) is 29.5. The van der Waals surface area contributed by atoms with Gasteiger partial charge in [-0.05, 0) is 59.1 Å². The molecule has 1 aliphatic rings. The molecule has 0 radical (unpaired) electrons. The molecule has 2 aromatic carbocycles. The largest absolute Gasteiger partial charge is 0.493 e. The first-order valence-corrected chi connectivity index (χ1v) is 17.0. The molecule has 1 N–H and O–H groups in total. The van der Waals surface area contributed by atoms with E-state index in [0.717, 1.165) is 24.5 Å². The zero-order valence-electron chi connectivity index (χ0n) is 26.8. The minimum atomic E-state index is -0.125. The first kappa shape index (κ1) is 36.3. The van der Waals surface area contributed by atoms with E-state index in [1.165, 1.54) is 86.7 Å². The zero-order valence-corrected chi connectivity index (χ0v) is 29.3. The van der Waals surface area contributed by atoms with Crippen LogP contribution >= 0.6 is 28.7 Å². The summed E-state index contributed by atoms with van der Waals surface area (Å²) in [5.74, 6) is 1.53. The number of benzene rings is 2. The van der Waals surface area contributed by atoms with Gasteiger partial charge in [0.05, 0.1) is 18.0 Å². The van der Waals surface area contributed by atoms with Crippen molar-refractivity contribution in [3.63, 3.8) is 0 Å². The fraction of sp³-hybridized carbons (Fsp3) is 0.583. The lowest BCUT2D eigenvalue weighted by molar-refractivity contribution is 0.102. The predicted molar refractivity (Wildman–Crippen MR) is 188 cm³/mol. The summed E-state index contributed by atoms with van der Waals surface area (Å²) in [7, 11) is 0. The number of unbranched alkanes of at least 4 members (excludes halogenated alkanes) is 11. The van der Waals surface area contributed by atoms with Crippen molar-refractivity contribution in [2.24, 2.45) is 0 Å². The second-order valence-corrected chi connectivity index (χ2v) is 13.8. The molecule has 0 aromatic heterocycles. The molecule has 0 saturated carbocycles. The van der Waals surface area contributed by atoms with Crippen molar-refractivity contribution in [2.75, 3.05) is 17.8 Å². The summed E-state index contributed by atoms with van der Waals surface area (Å²) >= 11 is 1.86. The molecule has 4 nitrogen and oxygen atoms in total. The maximum absolute atomic E-state index is 13.4. The smallest absolute Gasteiger partial charge is 0.259 e. The van der Waals surface area contributed by atoms with Crippen molar-refractivity contribution in [2.45, 2.75) is 124 Å². The lowest BCUT2D eigenvalue weighted by Crippen LogP contribution is -2.17. The molecule has 1 heterocycles. The Bertz CT molecular complexity index is 1110. The summed E-state index contributed by atoms with van der Waals surface area (Å²) in [6.07, 6.45) is 18.0. The molecule has 2 aromatic rings. The average Bonchev–Trinajstić information content (AvgIpc) is 3.35. The number of carbonyl (C=O) groups is 1. The predicted octanol–water partition coefficient (Wildman–Crippen LogP) is 11.3. The van der Waals surface area contributed by atoms with Gasteiger partial charge in [0.2, 0.25) is 0 Å². The minimum absolute atomic E-state index is 0. The van der Waals surface area contributed by atoms with E-state index < -0.39 is 0 Å². The third-order valence-electron chi connectivity index (χ3n) is 7.74. The Morgan fingerprint density at radius 2 is 1.55 bits per heavy atom. The Labute approximate surface area is 271 Å². The van der Waals surface area contributed by atoms with Crippen LogP contribution in [0.15, 0.2) is 53.6 Å². The molecule has 0 fully saturated rings. The Kier molecular flexibility index (Phi) is 16.7. The molecule has 3 rings (SSSR count). The fourth-order valence-corrected chi connectivity index (χ4v) is 5.97. The van der Waals surface area contributed by atoms with Crippen LogP contribution < -0.4 is 10.1 Å². The minimum Gasteiger partial charge on any atom is -0.493 e. The highest BCUT2D eigenvalue weighted by Crippen LogP contribution is 2.30. The number of ether oxygens (including phenoxy) is 1. The number of anilines is 1. The Balaban J connectivity index is 0.00000616. The van der Waals surface area contributed by atoms with E-state index in [0.29, 0.717) is 17.9 Å². The summed E-state index contributed by atoms with van der Waals surface area (Å²) in [5, 5.41) is 3.12. The first-order chi connectivity index (χ1) is 19.8. The van der Waals surface area contributed by atoms with Gasteiger partial charge >= 0.3 is 0 Å². The van der Waals surface area contributed by atoms with Gasteiger partial charge in [-0.2, -0.15) is 0 Å². The molecule has 1 aliphatic heterocycles. The molecule has 0 bridgehead atoms. The van der Waals surface area contributed by atoms with Crippen LogP contribution in [0, 0.1) is 0 Å². The second kappa shape index (κ2) is 19.4. The standard InChI is InChI=1S/C36H54N2O2S.BrH/c1-6-7-8-9-10-11-12-13-14-15-16-17-23-40-34-25-31(36(3,4)5)21-22-33(34)35(39)37-32-20-18-19-30(24-32)27-38-26-29(2)41-28-38;/h18-22,24-26H,6-17,23,27-28H2,1-5H3,(H,37,39);1H. The van der Waals surface area contributed by atoms with Crippen molar-refractivity contribution >= 4 is 40.3 Å². The summed E-state index contributed by atoms with van der Waals surface area (Å²) in [4.78, 5) is 17.1. The highest BCUT2D eigenvalue weighted by molar-refractivity contribution is 8.93. The number of nitrogens with zero attached hydrogens (tertiary/aromatic N) is 1. The van der Waals surface area contributed by atoms with Crippen molar-refractivity contribution < 1.29 is 9.53 Å². The quantitative estimate of drug-likeness (QED) is 0.162. The first-order valence-electron chi connectivity index (χ1n) is 16.0. The molecule has 0 atom stereocenters. The van der Waals surface area contributed by atoms with Gasteiger partial charge < -0.3 is 15.0 Å². The fourth-order valence-electron chi connectivity index (χ4n) is 5.21. The van der Waals surface area contributed by atoms with Gasteiger partial charge in [0, 0.05) is 18.4 Å². The van der Waals surface area contributed by atoms with Crippen LogP contribution in [0.3, 0.4) is 0 Å². The van der Waals surface area contributed by atoms with Gasteiger partial charge in [-0.25, -0.2) is 0 Å². The Hall–Kier alpha value is -1.92. The van der Waals surface area contributed by atoms with Gasteiger partial charge in [-0.3, -0.25) is 4.79 Å². The number of carbonyl (C=O) groups excluding carboxylic acids is 1. The summed E-state index contributed by atoms with van der Waals surface area (Å²) in [6.45, 7) is 12.5. The van der Waals surface area contributed by atoms with Crippen molar-refractivity contribution in [1.29, 1.82) is 0 Å². The van der Waals surface area contributed by atoms with Crippen molar-refractivity contribution in [1.82, 2.24) is 4.90 Å². The topological polar surface area (TPSA) is 41.6 Å².